The van der Waals surface area contributed by atoms with E-state index in [9.17, 15) is 0 Å². The number of hydrogen-bond donors (Lipinski definition) is 1. The molecule has 1 fully saturated rings. The smallest absolute Gasteiger partial charge is 0.0630 e. The Kier molecular flexibility index (Phi) is 4.29. The summed E-state index contributed by atoms with van der Waals surface area (Å²) in [4.78, 5) is 2.40. The van der Waals surface area contributed by atoms with E-state index in [1.54, 1.807) is 7.11 Å². The van der Waals surface area contributed by atoms with Gasteiger partial charge in [-0.05, 0) is 0 Å². The summed E-state index contributed by atoms with van der Waals surface area (Å²) >= 11 is 0. The molecule has 0 aliphatic carbocycles. The van der Waals surface area contributed by atoms with Gasteiger partial charge in [-0.1, -0.05) is 6.08 Å². The van der Waals surface area contributed by atoms with Gasteiger partial charge < -0.3 is 10.1 Å². The van der Waals surface area contributed by atoms with E-state index < -0.39 is 0 Å². The Hall–Kier alpha value is -0.380. The van der Waals surface area contributed by atoms with Crippen LogP contribution >= 0.6 is 0 Å². The summed E-state index contributed by atoms with van der Waals surface area (Å²) in [5.41, 5.74) is 0. The van der Waals surface area contributed by atoms with Gasteiger partial charge in [-0.25, -0.2) is 0 Å². The molecule has 1 aliphatic heterocycles. The van der Waals surface area contributed by atoms with Gasteiger partial charge >= 0.3 is 0 Å². The molecular weight excluding hydrogens is 152 g/mol. The molecule has 1 rings (SSSR count). The van der Waals surface area contributed by atoms with Crippen molar-refractivity contribution in [3.8, 4) is 0 Å². The van der Waals surface area contributed by atoms with Crippen LogP contribution in [0.5, 0.6) is 0 Å². The average molecular weight is 170 g/mol. The van der Waals surface area contributed by atoms with Crippen molar-refractivity contribution in [1.82, 2.24) is 10.2 Å². The molecule has 3 heteroatoms. The second kappa shape index (κ2) is 5.30. The first kappa shape index (κ1) is 9.71. The Morgan fingerprint density at radius 3 is 3.25 bits per heavy atom. The summed E-state index contributed by atoms with van der Waals surface area (Å²) in [5.74, 6) is 0. The number of nitrogens with zero attached hydrogens (tertiary/aromatic N) is 1. The molecule has 1 atom stereocenters. The number of hydrogen-bond acceptors (Lipinski definition) is 3. The van der Waals surface area contributed by atoms with E-state index >= 15 is 0 Å². The molecule has 1 aliphatic rings. The van der Waals surface area contributed by atoms with Gasteiger partial charge in [-0.15, -0.1) is 6.58 Å². The zero-order valence-corrected chi connectivity index (χ0v) is 7.75. The summed E-state index contributed by atoms with van der Waals surface area (Å²) in [5, 5.41) is 3.35. The Bertz CT molecular complexity index is 136. The fourth-order valence-corrected chi connectivity index (χ4v) is 1.57. The van der Waals surface area contributed by atoms with Crippen LogP contribution in [0.1, 0.15) is 0 Å². The zero-order valence-electron chi connectivity index (χ0n) is 7.75. The number of piperazine rings is 1. The van der Waals surface area contributed by atoms with Crippen molar-refractivity contribution in [2.24, 2.45) is 0 Å². The molecule has 0 saturated carbocycles. The van der Waals surface area contributed by atoms with Gasteiger partial charge in [0.1, 0.15) is 0 Å². The SMILES string of the molecule is C=CCN1CCNCC1COC. The minimum Gasteiger partial charge on any atom is -0.383 e. The van der Waals surface area contributed by atoms with Gasteiger partial charge in [0.15, 0.2) is 0 Å². The van der Waals surface area contributed by atoms with E-state index in [0.29, 0.717) is 6.04 Å². The summed E-state index contributed by atoms with van der Waals surface area (Å²) < 4.78 is 5.14. The second-order valence-electron chi connectivity index (χ2n) is 3.10. The lowest BCUT2D eigenvalue weighted by Crippen LogP contribution is -2.53. The van der Waals surface area contributed by atoms with Crippen LogP contribution < -0.4 is 5.32 Å². The zero-order chi connectivity index (χ0) is 8.81. The van der Waals surface area contributed by atoms with Crippen LogP contribution in [0.4, 0.5) is 0 Å². The van der Waals surface area contributed by atoms with Gasteiger partial charge in [0.05, 0.1) is 6.61 Å². The molecule has 0 spiro atoms. The first-order chi connectivity index (χ1) is 5.88. The molecule has 0 aromatic rings. The Balaban J connectivity index is 2.36. The van der Waals surface area contributed by atoms with Crippen molar-refractivity contribution in [2.75, 3.05) is 39.9 Å². The highest BCUT2D eigenvalue weighted by Crippen LogP contribution is 2.02. The van der Waals surface area contributed by atoms with Crippen LogP contribution in [0.25, 0.3) is 0 Å². The van der Waals surface area contributed by atoms with Crippen molar-refractivity contribution in [1.29, 1.82) is 0 Å². The van der Waals surface area contributed by atoms with Gasteiger partial charge in [0, 0.05) is 39.3 Å². The standard InChI is InChI=1S/C9H18N2O/c1-3-5-11-6-4-10-7-9(11)8-12-2/h3,9-10H,1,4-8H2,2H3. The summed E-state index contributed by atoms with van der Waals surface area (Å²) in [6.45, 7) is 8.72. The van der Waals surface area contributed by atoms with Crippen LogP contribution in [0.15, 0.2) is 12.7 Å². The Labute approximate surface area is 74.4 Å². The van der Waals surface area contributed by atoms with E-state index in [4.69, 9.17) is 4.74 Å². The molecule has 0 bridgehead atoms. The highest BCUT2D eigenvalue weighted by molar-refractivity contribution is 4.84. The monoisotopic (exact) mass is 170 g/mol. The highest BCUT2D eigenvalue weighted by Gasteiger charge is 2.20. The quantitative estimate of drug-likeness (QED) is 0.605. The van der Waals surface area contributed by atoms with E-state index in [1.165, 1.54) is 0 Å². The summed E-state index contributed by atoms with van der Waals surface area (Å²) in [6.07, 6.45) is 1.95. The molecule has 1 saturated heterocycles. The van der Waals surface area contributed by atoms with Crippen molar-refractivity contribution < 1.29 is 4.74 Å². The van der Waals surface area contributed by atoms with Crippen molar-refractivity contribution >= 4 is 0 Å². The Morgan fingerprint density at radius 2 is 2.58 bits per heavy atom. The third-order valence-corrected chi connectivity index (χ3v) is 2.19. The fourth-order valence-electron chi connectivity index (χ4n) is 1.57. The van der Waals surface area contributed by atoms with Crippen LogP contribution in [-0.4, -0.2) is 50.8 Å². The minimum atomic E-state index is 0.516. The molecule has 12 heavy (non-hydrogen) atoms. The molecule has 0 radical (unpaired) electrons. The van der Waals surface area contributed by atoms with Crippen molar-refractivity contribution in [3.05, 3.63) is 12.7 Å². The molecule has 0 amide bonds. The average Bonchev–Trinajstić information content (AvgIpc) is 2.09. The molecular formula is C9H18N2O. The van der Waals surface area contributed by atoms with E-state index in [0.717, 1.165) is 32.8 Å². The lowest BCUT2D eigenvalue weighted by molar-refractivity contribution is 0.0815. The normalized spacial score (nSPS) is 25.6. The number of ether oxygens (including phenoxy) is 1. The van der Waals surface area contributed by atoms with Crippen molar-refractivity contribution in [2.45, 2.75) is 6.04 Å². The molecule has 0 aromatic heterocycles. The minimum absolute atomic E-state index is 0.516. The predicted octanol–water partition coefficient (Wildman–Crippen LogP) is 0.0926. The lowest BCUT2D eigenvalue weighted by atomic mass is 10.2. The van der Waals surface area contributed by atoms with Crippen LogP contribution in [0.3, 0.4) is 0 Å². The van der Waals surface area contributed by atoms with Crippen LogP contribution in [0.2, 0.25) is 0 Å². The van der Waals surface area contributed by atoms with Crippen molar-refractivity contribution in [3.63, 3.8) is 0 Å². The first-order valence-corrected chi connectivity index (χ1v) is 4.43. The number of rotatable bonds is 4. The van der Waals surface area contributed by atoms with Gasteiger partial charge in [0.2, 0.25) is 0 Å². The third-order valence-electron chi connectivity index (χ3n) is 2.19. The maximum absolute atomic E-state index is 5.14. The summed E-state index contributed by atoms with van der Waals surface area (Å²) in [6, 6.07) is 0.516. The number of methoxy groups -OCH3 is 1. The maximum Gasteiger partial charge on any atom is 0.0630 e. The number of nitrogens with one attached hydrogen (secondary N) is 1. The highest BCUT2D eigenvalue weighted by atomic mass is 16.5. The summed E-state index contributed by atoms with van der Waals surface area (Å²) in [7, 11) is 1.75. The molecule has 70 valence electrons. The fraction of sp³-hybridized carbons (Fsp3) is 0.778. The topological polar surface area (TPSA) is 24.5 Å². The lowest BCUT2D eigenvalue weighted by Gasteiger charge is -2.34. The van der Waals surface area contributed by atoms with Gasteiger partial charge in [-0.3, -0.25) is 4.90 Å². The molecule has 0 aromatic carbocycles. The third kappa shape index (κ3) is 2.59. The Morgan fingerprint density at radius 1 is 1.75 bits per heavy atom. The molecule has 1 unspecified atom stereocenters. The van der Waals surface area contributed by atoms with Gasteiger partial charge in [0.25, 0.3) is 0 Å². The van der Waals surface area contributed by atoms with Crippen LogP contribution in [-0.2, 0) is 4.74 Å². The van der Waals surface area contributed by atoms with E-state index in [1.807, 2.05) is 6.08 Å². The predicted molar refractivity (Wildman–Crippen MR) is 50.3 cm³/mol. The van der Waals surface area contributed by atoms with Gasteiger partial charge in [-0.2, -0.15) is 0 Å². The maximum atomic E-state index is 5.14. The van der Waals surface area contributed by atoms with Crippen LogP contribution in [0, 0.1) is 0 Å². The first-order valence-electron chi connectivity index (χ1n) is 4.43. The molecule has 1 heterocycles. The largest absolute Gasteiger partial charge is 0.383 e. The molecule has 3 nitrogen and oxygen atoms in total. The van der Waals surface area contributed by atoms with E-state index in [2.05, 4.69) is 16.8 Å². The molecule has 1 N–H and O–H groups in total. The van der Waals surface area contributed by atoms with E-state index in [-0.39, 0.29) is 0 Å². The second-order valence-corrected chi connectivity index (χ2v) is 3.10.